The third kappa shape index (κ3) is 6.28. The monoisotopic (exact) mass is 495 g/mol. The van der Waals surface area contributed by atoms with E-state index in [1.807, 2.05) is 74.5 Å². The number of nitrogens with one attached hydrogen (secondary N) is 1. The molecule has 3 aromatic carbocycles. The number of hydrogen-bond acceptors (Lipinski definition) is 4. The van der Waals surface area contributed by atoms with Gasteiger partial charge in [-0.1, -0.05) is 83.9 Å². The normalized spacial score (nSPS) is 16.2. The molecule has 1 fully saturated rings. The van der Waals surface area contributed by atoms with Gasteiger partial charge >= 0.3 is 0 Å². The number of nitrogens with zero attached hydrogens (tertiary/aromatic N) is 2. The zero-order chi connectivity index (χ0) is 26.4. The number of β-amino-alcohol motifs (C(OH)–C–C–N with tert-alkyl or cyclic N) is 1. The minimum atomic E-state index is -0.686. The number of piperidine rings is 1. The molecule has 0 bridgehead atoms. The van der Waals surface area contributed by atoms with E-state index in [0.29, 0.717) is 6.54 Å². The van der Waals surface area contributed by atoms with Gasteiger partial charge < -0.3 is 15.3 Å². The third-order valence-electron chi connectivity index (χ3n) is 7.65. The van der Waals surface area contributed by atoms with Crippen LogP contribution in [0.2, 0.25) is 0 Å². The van der Waals surface area contributed by atoms with E-state index >= 15 is 0 Å². The Kier molecular flexibility index (Phi) is 8.43. The molecule has 0 radical (unpaired) electrons. The lowest BCUT2D eigenvalue weighted by Gasteiger charge is -2.39. The predicted octanol–water partition coefficient (Wildman–Crippen LogP) is 4.78. The Hall–Kier alpha value is -3.46. The van der Waals surface area contributed by atoms with Crippen molar-refractivity contribution in [1.29, 1.82) is 5.26 Å². The standard InChI is InChI=1S/C32H37N3O2/c1-23-8-12-26(13-9-23)30(27-14-10-24(2)11-15-27)31(37)34-20-28(36)21-35-18-16-32(22-33,17-19-35)29-7-5-4-6-25(29)3/h4-15,28,30,36H,16-21H2,1-3H3,(H,34,37). The van der Waals surface area contributed by atoms with Gasteiger partial charge in [-0.05, 0) is 55.9 Å². The number of carbonyl (C=O) groups is 1. The van der Waals surface area contributed by atoms with Crippen molar-refractivity contribution in [3.05, 3.63) is 106 Å². The van der Waals surface area contributed by atoms with Crippen LogP contribution in [-0.2, 0) is 10.2 Å². The van der Waals surface area contributed by atoms with E-state index < -0.39 is 17.4 Å². The van der Waals surface area contributed by atoms with Gasteiger partial charge in [-0.15, -0.1) is 0 Å². The second kappa shape index (κ2) is 11.7. The molecular formula is C32H37N3O2. The number of carbonyl (C=O) groups excluding carboxylic acids is 1. The zero-order valence-corrected chi connectivity index (χ0v) is 22.1. The summed E-state index contributed by atoms with van der Waals surface area (Å²) in [7, 11) is 0. The van der Waals surface area contributed by atoms with Crippen LogP contribution >= 0.6 is 0 Å². The van der Waals surface area contributed by atoms with Crippen molar-refractivity contribution in [2.45, 2.75) is 51.0 Å². The lowest BCUT2D eigenvalue weighted by atomic mass is 9.72. The fraction of sp³-hybridized carbons (Fsp3) is 0.375. The topological polar surface area (TPSA) is 76.4 Å². The van der Waals surface area contributed by atoms with Crippen LogP contribution in [0.4, 0.5) is 0 Å². The van der Waals surface area contributed by atoms with Crippen molar-refractivity contribution < 1.29 is 9.90 Å². The largest absolute Gasteiger partial charge is 0.390 e. The van der Waals surface area contributed by atoms with Crippen LogP contribution in [0.15, 0.2) is 72.8 Å². The molecule has 5 nitrogen and oxygen atoms in total. The fourth-order valence-electron chi connectivity index (χ4n) is 5.36. The van der Waals surface area contributed by atoms with Gasteiger partial charge in [0.15, 0.2) is 0 Å². The summed E-state index contributed by atoms with van der Waals surface area (Å²) in [5, 5.41) is 23.8. The molecule has 0 spiro atoms. The third-order valence-corrected chi connectivity index (χ3v) is 7.65. The highest BCUT2D eigenvalue weighted by Gasteiger charge is 2.37. The summed E-state index contributed by atoms with van der Waals surface area (Å²) in [6, 6.07) is 26.8. The van der Waals surface area contributed by atoms with E-state index in [4.69, 9.17) is 0 Å². The first-order valence-corrected chi connectivity index (χ1v) is 13.1. The summed E-state index contributed by atoms with van der Waals surface area (Å²) in [6.07, 6.45) is 0.779. The Morgan fingerprint density at radius 1 is 0.946 bits per heavy atom. The number of rotatable bonds is 8. The average molecular weight is 496 g/mol. The number of benzene rings is 3. The van der Waals surface area contributed by atoms with Gasteiger partial charge in [-0.2, -0.15) is 5.26 Å². The number of likely N-dealkylation sites (tertiary alicyclic amines) is 1. The highest BCUT2D eigenvalue weighted by Crippen LogP contribution is 2.36. The maximum absolute atomic E-state index is 13.4. The van der Waals surface area contributed by atoms with Crippen molar-refractivity contribution in [2.24, 2.45) is 0 Å². The van der Waals surface area contributed by atoms with Crippen LogP contribution in [0.25, 0.3) is 0 Å². The first-order chi connectivity index (χ1) is 17.8. The SMILES string of the molecule is Cc1ccc(C(C(=O)NCC(O)CN2CCC(C#N)(c3ccccc3C)CC2)c2ccc(C)cc2)cc1. The molecule has 1 aliphatic rings. The van der Waals surface area contributed by atoms with Gasteiger partial charge in [0.1, 0.15) is 0 Å². The smallest absolute Gasteiger partial charge is 0.232 e. The van der Waals surface area contributed by atoms with Gasteiger partial charge in [-0.25, -0.2) is 0 Å². The molecule has 1 heterocycles. The summed E-state index contributed by atoms with van der Waals surface area (Å²) in [5.74, 6) is -0.554. The summed E-state index contributed by atoms with van der Waals surface area (Å²) in [4.78, 5) is 15.5. The van der Waals surface area contributed by atoms with Crippen LogP contribution in [0.3, 0.4) is 0 Å². The Labute approximate surface area is 220 Å². The molecule has 1 saturated heterocycles. The van der Waals surface area contributed by atoms with Crippen molar-refractivity contribution in [2.75, 3.05) is 26.2 Å². The lowest BCUT2D eigenvalue weighted by Crippen LogP contribution is -2.47. The van der Waals surface area contributed by atoms with E-state index in [0.717, 1.165) is 59.3 Å². The molecule has 0 saturated carbocycles. The summed E-state index contributed by atoms with van der Waals surface area (Å²) >= 11 is 0. The molecule has 192 valence electrons. The van der Waals surface area contributed by atoms with Crippen molar-refractivity contribution in [3.8, 4) is 6.07 Å². The molecule has 4 rings (SSSR count). The molecule has 1 aliphatic heterocycles. The Morgan fingerprint density at radius 2 is 1.49 bits per heavy atom. The second-order valence-electron chi connectivity index (χ2n) is 10.5. The van der Waals surface area contributed by atoms with Crippen LogP contribution in [-0.4, -0.2) is 48.2 Å². The van der Waals surface area contributed by atoms with E-state index in [2.05, 4.69) is 35.3 Å². The number of aryl methyl sites for hydroxylation is 3. The molecule has 0 aliphatic carbocycles. The highest BCUT2D eigenvalue weighted by atomic mass is 16.3. The van der Waals surface area contributed by atoms with Crippen LogP contribution in [0.5, 0.6) is 0 Å². The minimum Gasteiger partial charge on any atom is -0.390 e. The Balaban J connectivity index is 1.36. The number of aliphatic hydroxyl groups excluding tert-OH is 1. The summed E-state index contributed by atoms with van der Waals surface area (Å²) in [5.41, 5.74) is 5.94. The van der Waals surface area contributed by atoms with Crippen LogP contribution < -0.4 is 5.32 Å². The quantitative estimate of drug-likeness (QED) is 0.472. The molecular weight excluding hydrogens is 458 g/mol. The second-order valence-corrected chi connectivity index (χ2v) is 10.5. The van der Waals surface area contributed by atoms with Gasteiger partial charge in [-0.3, -0.25) is 4.79 Å². The number of amides is 1. The highest BCUT2D eigenvalue weighted by molar-refractivity contribution is 5.87. The lowest BCUT2D eigenvalue weighted by molar-refractivity contribution is -0.122. The molecule has 37 heavy (non-hydrogen) atoms. The maximum atomic E-state index is 13.4. The molecule has 1 amide bonds. The van der Waals surface area contributed by atoms with Gasteiger partial charge in [0.05, 0.1) is 23.5 Å². The predicted molar refractivity (Wildman–Crippen MR) is 147 cm³/mol. The van der Waals surface area contributed by atoms with E-state index in [1.165, 1.54) is 0 Å². The summed E-state index contributed by atoms with van der Waals surface area (Å²) in [6.45, 7) is 8.25. The number of hydrogen-bond donors (Lipinski definition) is 2. The number of aliphatic hydroxyl groups is 1. The Morgan fingerprint density at radius 3 is 2.00 bits per heavy atom. The minimum absolute atomic E-state index is 0.117. The first kappa shape index (κ1) is 26.6. The van der Waals surface area contributed by atoms with E-state index in [1.54, 1.807) is 0 Å². The molecule has 1 unspecified atom stereocenters. The van der Waals surface area contributed by atoms with E-state index in [9.17, 15) is 15.2 Å². The molecule has 5 heteroatoms. The average Bonchev–Trinajstić information content (AvgIpc) is 2.91. The van der Waals surface area contributed by atoms with Crippen LogP contribution in [0.1, 0.15) is 52.1 Å². The molecule has 2 N–H and O–H groups in total. The van der Waals surface area contributed by atoms with Gasteiger partial charge in [0.2, 0.25) is 5.91 Å². The number of nitriles is 1. The van der Waals surface area contributed by atoms with Gasteiger partial charge in [0, 0.05) is 26.2 Å². The zero-order valence-electron chi connectivity index (χ0n) is 22.1. The Bertz CT molecular complexity index is 1190. The molecule has 3 aromatic rings. The fourth-order valence-corrected chi connectivity index (χ4v) is 5.36. The van der Waals surface area contributed by atoms with E-state index in [-0.39, 0.29) is 12.5 Å². The van der Waals surface area contributed by atoms with Crippen molar-refractivity contribution in [3.63, 3.8) is 0 Å². The van der Waals surface area contributed by atoms with Crippen molar-refractivity contribution in [1.82, 2.24) is 10.2 Å². The van der Waals surface area contributed by atoms with Crippen molar-refractivity contribution >= 4 is 5.91 Å². The van der Waals surface area contributed by atoms with Gasteiger partial charge in [0.25, 0.3) is 0 Å². The molecule has 0 aromatic heterocycles. The molecule has 1 atom stereocenters. The summed E-state index contributed by atoms with van der Waals surface area (Å²) < 4.78 is 0. The first-order valence-electron chi connectivity index (χ1n) is 13.1. The van der Waals surface area contributed by atoms with Crippen LogP contribution in [0, 0.1) is 32.1 Å². The maximum Gasteiger partial charge on any atom is 0.232 e.